The van der Waals surface area contributed by atoms with E-state index in [1.54, 1.807) is 0 Å². The maximum atomic E-state index is 12.2. The first kappa shape index (κ1) is 15.6. The molecule has 9 heteroatoms. The Kier molecular flexibility index (Phi) is 4.62. The van der Waals surface area contributed by atoms with E-state index < -0.39 is 10.0 Å². The topological polar surface area (TPSA) is 107 Å². The summed E-state index contributed by atoms with van der Waals surface area (Å²) in [4.78, 5) is 0. The van der Waals surface area contributed by atoms with Crippen LogP contribution >= 0.6 is 11.3 Å². The van der Waals surface area contributed by atoms with Crippen LogP contribution in [0.4, 0.5) is 5.13 Å². The molecule has 20 heavy (non-hydrogen) atoms. The monoisotopic (exact) mass is 320 g/mol. The molecular weight excluding hydrogens is 300 g/mol. The van der Waals surface area contributed by atoms with Crippen LogP contribution in [0.3, 0.4) is 0 Å². The Morgan fingerprint density at radius 2 is 2.15 bits per heavy atom. The molecule has 1 unspecified atom stereocenters. The van der Waals surface area contributed by atoms with E-state index in [1.165, 1.54) is 0 Å². The number of hydrogen-bond acceptors (Lipinski definition) is 7. The molecule has 2 rings (SSSR count). The summed E-state index contributed by atoms with van der Waals surface area (Å²) in [7, 11) is -3.65. The molecule has 1 aliphatic heterocycles. The van der Waals surface area contributed by atoms with Crippen molar-refractivity contribution in [2.75, 3.05) is 12.3 Å². The molecule has 1 aromatic heterocycles. The maximum Gasteiger partial charge on any atom is 0.270 e. The molecule has 0 aromatic carbocycles. The zero-order chi connectivity index (χ0) is 14.8. The first-order valence-electron chi connectivity index (χ1n) is 6.66. The van der Waals surface area contributed by atoms with Crippen molar-refractivity contribution in [2.24, 2.45) is 0 Å². The molecule has 1 saturated heterocycles. The van der Waals surface area contributed by atoms with Gasteiger partial charge in [0.2, 0.25) is 9.47 Å². The number of nitrogens with two attached hydrogens (primary N) is 1. The van der Waals surface area contributed by atoms with Gasteiger partial charge in [-0.3, -0.25) is 0 Å². The molecule has 0 amide bonds. The second kappa shape index (κ2) is 5.92. The van der Waals surface area contributed by atoms with Crippen molar-refractivity contribution < 1.29 is 13.2 Å². The second-order valence-electron chi connectivity index (χ2n) is 4.96. The van der Waals surface area contributed by atoms with Crippen molar-refractivity contribution in [2.45, 2.75) is 55.5 Å². The van der Waals surface area contributed by atoms with Crippen molar-refractivity contribution >= 4 is 26.5 Å². The van der Waals surface area contributed by atoms with Crippen LogP contribution in [0.2, 0.25) is 0 Å². The summed E-state index contributed by atoms with van der Waals surface area (Å²) in [5.74, 6) is 0. The number of hydrogen-bond donors (Lipinski definition) is 2. The second-order valence-corrected chi connectivity index (χ2v) is 7.85. The van der Waals surface area contributed by atoms with Crippen LogP contribution in [0, 0.1) is 0 Å². The van der Waals surface area contributed by atoms with Gasteiger partial charge >= 0.3 is 0 Å². The minimum Gasteiger partial charge on any atom is -0.375 e. The molecule has 1 aliphatic rings. The van der Waals surface area contributed by atoms with E-state index in [0.29, 0.717) is 19.4 Å². The lowest BCUT2D eigenvalue weighted by Crippen LogP contribution is -2.48. The zero-order valence-electron chi connectivity index (χ0n) is 11.6. The van der Waals surface area contributed by atoms with Crippen LogP contribution in [0.15, 0.2) is 4.34 Å². The van der Waals surface area contributed by atoms with Gasteiger partial charge in [-0.25, -0.2) is 13.1 Å². The Hall–Kier alpha value is -0.770. The summed E-state index contributed by atoms with van der Waals surface area (Å²) in [6.45, 7) is 4.69. The molecule has 1 atom stereocenters. The van der Waals surface area contributed by atoms with Gasteiger partial charge in [0.25, 0.3) is 10.0 Å². The number of ether oxygens (including phenoxy) is 1. The smallest absolute Gasteiger partial charge is 0.270 e. The minimum absolute atomic E-state index is 0.0833. The van der Waals surface area contributed by atoms with Crippen LogP contribution in [0.25, 0.3) is 0 Å². The molecule has 0 saturated carbocycles. The van der Waals surface area contributed by atoms with E-state index in [9.17, 15) is 8.42 Å². The number of sulfonamides is 1. The van der Waals surface area contributed by atoms with Crippen LogP contribution in [0.1, 0.15) is 39.5 Å². The normalized spacial score (nSPS) is 22.8. The summed E-state index contributed by atoms with van der Waals surface area (Å²) in [5, 5.41) is 7.28. The highest BCUT2D eigenvalue weighted by Gasteiger charge is 2.36. The average molecular weight is 320 g/mol. The van der Waals surface area contributed by atoms with E-state index in [2.05, 4.69) is 28.8 Å². The summed E-state index contributed by atoms with van der Waals surface area (Å²) in [6, 6.07) is -0.140. The van der Waals surface area contributed by atoms with Gasteiger partial charge in [-0.05, 0) is 25.7 Å². The third-order valence-corrected chi connectivity index (χ3v) is 6.40. The molecule has 0 radical (unpaired) electrons. The Labute approximate surface area is 123 Å². The standard InChI is InChI=1S/C11H20N4O3S2/c1-3-11(4-2)7-8(5-6-18-11)15-20(16,17)10-14-13-9(12)19-10/h8,15H,3-7H2,1-2H3,(H2,12,13). The zero-order valence-corrected chi connectivity index (χ0v) is 13.3. The molecule has 3 N–H and O–H groups in total. The first-order valence-corrected chi connectivity index (χ1v) is 8.96. The molecule has 7 nitrogen and oxygen atoms in total. The summed E-state index contributed by atoms with van der Waals surface area (Å²) in [5.41, 5.74) is 5.20. The Morgan fingerprint density at radius 3 is 2.70 bits per heavy atom. The largest absolute Gasteiger partial charge is 0.375 e. The van der Waals surface area contributed by atoms with Crippen molar-refractivity contribution in [3.8, 4) is 0 Å². The van der Waals surface area contributed by atoms with Gasteiger partial charge in [-0.15, -0.1) is 10.2 Å². The molecule has 0 aliphatic carbocycles. The summed E-state index contributed by atoms with van der Waals surface area (Å²) in [6.07, 6.45) is 3.07. The van der Waals surface area contributed by atoms with Gasteiger partial charge in [0, 0.05) is 12.6 Å². The number of nitrogens with one attached hydrogen (secondary N) is 1. The number of nitrogen functional groups attached to an aromatic ring is 1. The number of nitrogens with zero attached hydrogens (tertiary/aromatic N) is 2. The van der Waals surface area contributed by atoms with Crippen molar-refractivity contribution in [1.29, 1.82) is 0 Å². The summed E-state index contributed by atoms with van der Waals surface area (Å²) >= 11 is 0.869. The van der Waals surface area contributed by atoms with Crippen LogP contribution in [-0.4, -0.2) is 36.9 Å². The highest BCUT2D eigenvalue weighted by Crippen LogP contribution is 2.32. The molecule has 2 heterocycles. The Balaban J connectivity index is 2.09. The highest BCUT2D eigenvalue weighted by molar-refractivity contribution is 7.91. The van der Waals surface area contributed by atoms with E-state index in [1.807, 2.05) is 0 Å². The highest BCUT2D eigenvalue weighted by atomic mass is 32.2. The lowest BCUT2D eigenvalue weighted by molar-refractivity contribution is -0.0905. The van der Waals surface area contributed by atoms with E-state index >= 15 is 0 Å². The fraction of sp³-hybridized carbons (Fsp3) is 0.818. The lowest BCUT2D eigenvalue weighted by Gasteiger charge is -2.39. The predicted octanol–water partition coefficient (Wildman–Crippen LogP) is 1.14. The van der Waals surface area contributed by atoms with E-state index in [0.717, 1.165) is 24.2 Å². The maximum absolute atomic E-state index is 12.2. The molecule has 1 aromatic rings. The molecule has 1 fully saturated rings. The van der Waals surface area contributed by atoms with Gasteiger partial charge < -0.3 is 10.5 Å². The SMILES string of the molecule is CCC1(CC)CC(NS(=O)(=O)c2nnc(N)s2)CCO1. The van der Waals surface area contributed by atoms with Crippen molar-refractivity contribution in [3.05, 3.63) is 0 Å². The third kappa shape index (κ3) is 3.27. The Bertz CT molecular complexity index is 554. The van der Waals surface area contributed by atoms with Gasteiger partial charge in [0.05, 0.1) is 5.60 Å². The average Bonchev–Trinajstić information content (AvgIpc) is 2.86. The molecule has 0 bridgehead atoms. The third-order valence-electron chi connectivity index (χ3n) is 3.76. The number of anilines is 1. The molecule has 114 valence electrons. The van der Waals surface area contributed by atoms with Crippen LogP contribution in [-0.2, 0) is 14.8 Å². The first-order chi connectivity index (χ1) is 9.41. The quantitative estimate of drug-likeness (QED) is 0.842. The van der Waals surface area contributed by atoms with Crippen LogP contribution in [0.5, 0.6) is 0 Å². The molecule has 0 spiro atoms. The van der Waals surface area contributed by atoms with E-state index in [-0.39, 0.29) is 21.1 Å². The molecular formula is C11H20N4O3S2. The van der Waals surface area contributed by atoms with E-state index in [4.69, 9.17) is 10.5 Å². The van der Waals surface area contributed by atoms with Crippen molar-refractivity contribution in [3.63, 3.8) is 0 Å². The van der Waals surface area contributed by atoms with Gasteiger partial charge in [-0.1, -0.05) is 25.2 Å². The van der Waals surface area contributed by atoms with Crippen molar-refractivity contribution in [1.82, 2.24) is 14.9 Å². The summed E-state index contributed by atoms with van der Waals surface area (Å²) < 4.78 is 32.9. The number of rotatable bonds is 5. The van der Waals surface area contributed by atoms with Crippen LogP contribution < -0.4 is 10.5 Å². The van der Waals surface area contributed by atoms with Gasteiger partial charge in [0.1, 0.15) is 0 Å². The number of aromatic nitrogens is 2. The van der Waals surface area contributed by atoms with Gasteiger partial charge in [0.15, 0.2) is 0 Å². The Morgan fingerprint density at radius 1 is 1.45 bits per heavy atom. The fourth-order valence-corrected chi connectivity index (χ4v) is 4.54. The van der Waals surface area contributed by atoms with Gasteiger partial charge in [-0.2, -0.15) is 0 Å². The fourth-order valence-electron chi connectivity index (χ4n) is 2.47. The lowest BCUT2D eigenvalue weighted by atomic mass is 9.86. The minimum atomic E-state index is -3.65. The predicted molar refractivity (Wildman–Crippen MR) is 76.9 cm³/mol.